The highest BCUT2D eigenvalue weighted by atomic mass is 32.2. The van der Waals surface area contributed by atoms with Crippen molar-refractivity contribution >= 4 is 33.4 Å². The van der Waals surface area contributed by atoms with Gasteiger partial charge < -0.3 is 10.1 Å². The van der Waals surface area contributed by atoms with E-state index in [0.717, 1.165) is 4.88 Å². The molecule has 1 aliphatic rings. The van der Waals surface area contributed by atoms with Gasteiger partial charge in [-0.05, 0) is 42.8 Å². The lowest BCUT2D eigenvalue weighted by atomic mass is 9.77. The van der Waals surface area contributed by atoms with Gasteiger partial charge in [0.25, 0.3) is 5.91 Å². The van der Waals surface area contributed by atoms with Crippen LogP contribution >= 0.6 is 11.3 Å². The molecule has 174 valence electrons. The number of carbonyl (C=O) groups is 2. The Balaban J connectivity index is 1.72. The van der Waals surface area contributed by atoms with E-state index in [0.29, 0.717) is 37.1 Å². The van der Waals surface area contributed by atoms with Crippen LogP contribution in [0.1, 0.15) is 47.8 Å². The molecule has 3 rings (SSSR count). The van der Waals surface area contributed by atoms with Crippen LogP contribution < -0.4 is 14.8 Å². The van der Waals surface area contributed by atoms with Crippen molar-refractivity contribution in [3.8, 4) is 5.75 Å². The molecular weight excluding hydrogens is 450 g/mol. The minimum Gasteiger partial charge on any atom is -0.496 e. The van der Waals surface area contributed by atoms with Gasteiger partial charge >= 0.3 is 10.2 Å². The van der Waals surface area contributed by atoms with Crippen LogP contribution in [0.4, 0.5) is 0 Å². The van der Waals surface area contributed by atoms with Crippen molar-refractivity contribution in [1.29, 1.82) is 0 Å². The third-order valence-electron chi connectivity index (χ3n) is 5.72. The molecule has 0 aliphatic carbocycles. The number of rotatable bonds is 9. The summed E-state index contributed by atoms with van der Waals surface area (Å²) >= 11 is 1.60. The predicted octanol–water partition coefficient (Wildman–Crippen LogP) is 2.68. The number of nitrogens with zero attached hydrogens (tertiary/aromatic N) is 1. The highest BCUT2D eigenvalue weighted by molar-refractivity contribution is 7.87. The number of thiophene rings is 1. The SMILES string of the molecule is CCCC(=O)NS(=O)(=O)N1CCC(CNC(=O)c2ccccc2OC)(c2cccs2)CC1. The van der Waals surface area contributed by atoms with Gasteiger partial charge in [0.05, 0.1) is 12.7 Å². The second-order valence-electron chi connectivity index (χ2n) is 7.82. The van der Waals surface area contributed by atoms with Crippen LogP contribution in [0.3, 0.4) is 0 Å². The Kier molecular flexibility index (Phi) is 7.91. The predicted molar refractivity (Wildman–Crippen MR) is 124 cm³/mol. The van der Waals surface area contributed by atoms with E-state index in [1.165, 1.54) is 11.4 Å². The van der Waals surface area contributed by atoms with Gasteiger partial charge in [0, 0.05) is 36.3 Å². The first kappa shape index (κ1) is 24.2. The van der Waals surface area contributed by atoms with E-state index < -0.39 is 16.1 Å². The summed E-state index contributed by atoms with van der Waals surface area (Å²) in [4.78, 5) is 25.8. The Hall–Kier alpha value is -2.43. The monoisotopic (exact) mass is 479 g/mol. The molecule has 0 radical (unpaired) electrons. The minimum atomic E-state index is -3.87. The standard InChI is InChI=1S/C22H29N3O5S2/c1-3-7-20(26)24-32(28,29)25-13-11-22(12-14-25,19-10-6-15-31-19)16-23-21(27)17-8-4-5-9-18(17)30-2/h4-6,8-10,15H,3,7,11-14,16H2,1-2H3,(H,23,27)(H,24,26). The highest BCUT2D eigenvalue weighted by Gasteiger charge is 2.40. The molecule has 2 N–H and O–H groups in total. The van der Waals surface area contributed by atoms with E-state index in [4.69, 9.17) is 4.74 Å². The smallest absolute Gasteiger partial charge is 0.303 e. The second-order valence-corrected chi connectivity index (χ2v) is 10.4. The van der Waals surface area contributed by atoms with Gasteiger partial charge in [-0.1, -0.05) is 25.1 Å². The molecule has 1 saturated heterocycles. The van der Waals surface area contributed by atoms with Crippen LogP contribution in [0, 0.1) is 0 Å². The summed E-state index contributed by atoms with van der Waals surface area (Å²) in [5.41, 5.74) is 0.0700. The van der Waals surface area contributed by atoms with E-state index in [-0.39, 0.29) is 30.8 Å². The Morgan fingerprint density at radius 3 is 2.50 bits per heavy atom. The lowest BCUT2D eigenvalue weighted by Gasteiger charge is -2.40. The van der Waals surface area contributed by atoms with Gasteiger partial charge in [-0.3, -0.25) is 9.59 Å². The summed E-state index contributed by atoms with van der Waals surface area (Å²) in [7, 11) is -2.35. The van der Waals surface area contributed by atoms with Gasteiger partial charge in [-0.2, -0.15) is 12.7 Å². The zero-order valence-corrected chi connectivity index (χ0v) is 19.9. The molecule has 1 aliphatic heterocycles. The number of ether oxygens (including phenoxy) is 1. The Bertz CT molecular complexity index is 1030. The lowest BCUT2D eigenvalue weighted by molar-refractivity contribution is -0.119. The van der Waals surface area contributed by atoms with Crippen molar-refractivity contribution in [1.82, 2.24) is 14.3 Å². The van der Waals surface area contributed by atoms with Gasteiger partial charge in [0.1, 0.15) is 5.75 Å². The molecule has 10 heteroatoms. The number of benzene rings is 1. The molecule has 0 spiro atoms. The molecule has 1 aromatic carbocycles. The van der Waals surface area contributed by atoms with Crippen LogP contribution in [-0.2, 0) is 20.4 Å². The molecule has 2 heterocycles. The molecule has 1 aromatic heterocycles. The Labute approximate surface area is 193 Å². The number of amides is 2. The topological polar surface area (TPSA) is 105 Å². The fraction of sp³-hybridized carbons (Fsp3) is 0.455. The van der Waals surface area contributed by atoms with Crippen molar-refractivity contribution in [2.45, 2.75) is 38.0 Å². The summed E-state index contributed by atoms with van der Waals surface area (Å²) in [5.74, 6) is -0.231. The van der Waals surface area contributed by atoms with Crippen LogP contribution in [0.15, 0.2) is 41.8 Å². The highest BCUT2D eigenvalue weighted by Crippen LogP contribution is 2.38. The molecular formula is C22H29N3O5S2. The maximum Gasteiger partial charge on any atom is 0.303 e. The maximum absolute atomic E-state index is 12.8. The Morgan fingerprint density at radius 2 is 1.88 bits per heavy atom. The summed E-state index contributed by atoms with van der Waals surface area (Å²) in [6.07, 6.45) is 1.81. The van der Waals surface area contributed by atoms with E-state index in [1.807, 2.05) is 24.4 Å². The first-order valence-corrected chi connectivity index (χ1v) is 12.9. The normalized spacial score (nSPS) is 16.3. The molecule has 0 atom stereocenters. The third kappa shape index (κ3) is 5.48. The first-order chi connectivity index (χ1) is 15.3. The maximum atomic E-state index is 12.8. The minimum absolute atomic E-state index is 0.168. The fourth-order valence-corrected chi connectivity index (χ4v) is 6.08. The number of para-hydroxylation sites is 1. The zero-order valence-electron chi connectivity index (χ0n) is 18.3. The second kappa shape index (κ2) is 10.5. The number of nitrogens with one attached hydrogen (secondary N) is 2. The molecule has 0 unspecified atom stereocenters. The summed E-state index contributed by atoms with van der Waals surface area (Å²) in [6.45, 7) is 2.72. The fourth-order valence-electron chi connectivity index (χ4n) is 3.91. The average molecular weight is 480 g/mol. The van der Waals surface area contributed by atoms with Crippen LogP contribution in [0.2, 0.25) is 0 Å². The summed E-state index contributed by atoms with van der Waals surface area (Å²) < 4.78 is 34.0. The molecule has 0 saturated carbocycles. The largest absolute Gasteiger partial charge is 0.496 e. The molecule has 8 nitrogen and oxygen atoms in total. The summed E-state index contributed by atoms with van der Waals surface area (Å²) in [5, 5.41) is 5.00. The van der Waals surface area contributed by atoms with E-state index >= 15 is 0 Å². The quantitative estimate of drug-likeness (QED) is 0.575. The number of carbonyl (C=O) groups excluding carboxylic acids is 2. The molecule has 1 fully saturated rings. The van der Waals surface area contributed by atoms with Crippen molar-refractivity contribution in [3.63, 3.8) is 0 Å². The van der Waals surface area contributed by atoms with Crippen molar-refractivity contribution in [3.05, 3.63) is 52.2 Å². The Morgan fingerprint density at radius 1 is 1.16 bits per heavy atom. The van der Waals surface area contributed by atoms with Crippen molar-refractivity contribution < 1.29 is 22.7 Å². The number of methoxy groups -OCH3 is 1. The molecule has 0 bridgehead atoms. The van der Waals surface area contributed by atoms with Crippen LogP contribution in [0.25, 0.3) is 0 Å². The van der Waals surface area contributed by atoms with Crippen molar-refractivity contribution in [2.75, 3.05) is 26.7 Å². The zero-order chi connectivity index (χ0) is 23.2. The van der Waals surface area contributed by atoms with E-state index in [1.54, 1.807) is 35.6 Å². The van der Waals surface area contributed by atoms with Gasteiger partial charge in [0.15, 0.2) is 0 Å². The number of hydrogen-bond donors (Lipinski definition) is 2. The average Bonchev–Trinajstić information content (AvgIpc) is 3.33. The van der Waals surface area contributed by atoms with E-state index in [2.05, 4.69) is 10.0 Å². The van der Waals surface area contributed by atoms with Gasteiger partial charge in [-0.25, -0.2) is 4.72 Å². The summed E-state index contributed by atoms with van der Waals surface area (Å²) in [6, 6.07) is 11.0. The van der Waals surface area contributed by atoms with Gasteiger partial charge in [0.2, 0.25) is 5.91 Å². The first-order valence-electron chi connectivity index (χ1n) is 10.6. The van der Waals surface area contributed by atoms with Crippen molar-refractivity contribution in [2.24, 2.45) is 0 Å². The van der Waals surface area contributed by atoms with Gasteiger partial charge in [-0.15, -0.1) is 11.3 Å². The third-order valence-corrected chi connectivity index (χ3v) is 8.37. The van der Waals surface area contributed by atoms with Crippen LogP contribution in [0.5, 0.6) is 5.75 Å². The lowest BCUT2D eigenvalue weighted by Crippen LogP contribution is -2.53. The molecule has 2 aromatic rings. The van der Waals surface area contributed by atoms with E-state index in [9.17, 15) is 18.0 Å². The number of piperidine rings is 1. The molecule has 2 amide bonds. The molecule has 32 heavy (non-hydrogen) atoms. The number of hydrogen-bond acceptors (Lipinski definition) is 6. The van der Waals surface area contributed by atoms with Crippen LogP contribution in [-0.4, -0.2) is 51.3 Å².